The smallest absolute Gasteiger partial charge is 0.243 e. The number of carbonyl (C=O) groups is 1. The lowest BCUT2D eigenvalue weighted by molar-refractivity contribution is -0.113. The molecule has 5 nitrogen and oxygen atoms in total. The number of anilines is 1. The van der Waals surface area contributed by atoms with E-state index in [0.29, 0.717) is 18.1 Å². The van der Waals surface area contributed by atoms with Gasteiger partial charge in [-0.25, -0.2) is 8.42 Å². The van der Waals surface area contributed by atoms with Crippen LogP contribution >= 0.6 is 35.0 Å². The minimum atomic E-state index is -3.62. The maximum absolute atomic E-state index is 13.0. The highest BCUT2D eigenvalue weighted by atomic mass is 35.5. The molecule has 1 saturated heterocycles. The molecule has 1 heterocycles. The maximum Gasteiger partial charge on any atom is 0.243 e. The molecule has 1 fully saturated rings. The number of amides is 1. The third-order valence-corrected chi connectivity index (χ3v) is 8.35. The lowest BCUT2D eigenvalue weighted by Crippen LogP contribution is -2.32. The van der Waals surface area contributed by atoms with Crippen LogP contribution < -0.4 is 5.32 Å². The third-order valence-electron chi connectivity index (χ3n) is 4.61. The van der Waals surface area contributed by atoms with Gasteiger partial charge in [-0.15, -0.1) is 11.8 Å². The highest BCUT2D eigenvalue weighted by Crippen LogP contribution is 2.30. The second-order valence-electron chi connectivity index (χ2n) is 6.73. The Labute approximate surface area is 185 Å². The summed E-state index contributed by atoms with van der Waals surface area (Å²) in [6.07, 6.45) is 3.79. The van der Waals surface area contributed by atoms with Crippen LogP contribution in [0.25, 0.3) is 0 Å². The van der Waals surface area contributed by atoms with E-state index in [4.69, 9.17) is 23.2 Å². The number of halogens is 2. The van der Waals surface area contributed by atoms with Crippen molar-refractivity contribution < 1.29 is 13.2 Å². The van der Waals surface area contributed by atoms with Gasteiger partial charge in [-0.05, 0) is 43.2 Å². The van der Waals surface area contributed by atoms with Crippen molar-refractivity contribution in [2.75, 3.05) is 24.2 Å². The molecule has 156 valence electrons. The van der Waals surface area contributed by atoms with Gasteiger partial charge in [-0.2, -0.15) is 4.31 Å². The number of hydrogen-bond donors (Lipinski definition) is 1. The molecule has 0 aromatic heterocycles. The number of hydrogen-bond acceptors (Lipinski definition) is 4. The Kier molecular flexibility index (Phi) is 7.87. The van der Waals surface area contributed by atoms with Gasteiger partial charge < -0.3 is 5.32 Å². The van der Waals surface area contributed by atoms with E-state index < -0.39 is 10.0 Å². The molecule has 1 aliphatic heterocycles. The summed E-state index contributed by atoms with van der Waals surface area (Å²) >= 11 is 13.6. The van der Waals surface area contributed by atoms with Gasteiger partial charge >= 0.3 is 0 Å². The molecule has 2 aromatic carbocycles. The van der Waals surface area contributed by atoms with Crippen LogP contribution in [-0.4, -0.2) is 37.5 Å². The Bertz CT molecular complexity index is 975. The number of carbonyl (C=O) groups excluding carboxylic acids is 1. The number of thioether (sulfide) groups is 1. The molecule has 3 rings (SSSR count). The third kappa shape index (κ3) is 5.89. The van der Waals surface area contributed by atoms with Gasteiger partial charge in [-0.3, -0.25) is 4.79 Å². The Morgan fingerprint density at radius 3 is 2.38 bits per heavy atom. The van der Waals surface area contributed by atoms with Crippen LogP contribution in [0, 0.1) is 0 Å². The van der Waals surface area contributed by atoms with Gasteiger partial charge in [0.2, 0.25) is 15.9 Å². The topological polar surface area (TPSA) is 66.5 Å². The Hall–Kier alpha value is -1.25. The predicted octanol–water partition coefficient (Wildman–Crippen LogP) is 5.29. The lowest BCUT2D eigenvalue weighted by Gasteiger charge is -2.20. The van der Waals surface area contributed by atoms with E-state index in [-0.39, 0.29) is 27.3 Å². The normalized spacial score (nSPS) is 15.7. The van der Waals surface area contributed by atoms with E-state index in [1.165, 1.54) is 34.3 Å². The molecule has 0 unspecified atom stereocenters. The van der Waals surface area contributed by atoms with Crippen molar-refractivity contribution in [2.45, 2.75) is 35.5 Å². The predicted molar refractivity (Wildman–Crippen MR) is 119 cm³/mol. The molecular formula is C20H22Cl2N2O3S2. The lowest BCUT2D eigenvalue weighted by atomic mass is 10.2. The van der Waals surface area contributed by atoms with E-state index in [0.717, 1.165) is 30.6 Å². The van der Waals surface area contributed by atoms with Crippen molar-refractivity contribution in [2.24, 2.45) is 0 Å². The number of nitrogens with zero attached hydrogens (tertiary/aromatic N) is 1. The first kappa shape index (κ1) is 22.4. The van der Waals surface area contributed by atoms with Crippen molar-refractivity contribution in [1.29, 1.82) is 0 Å². The molecule has 0 spiro atoms. The molecule has 0 radical (unpaired) electrons. The van der Waals surface area contributed by atoms with E-state index in [1.807, 2.05) is 18.2 Å². The number of nitrogens with one attached hydrogen (secondary N) is 1. The van der Waals surface area contributed by atoms with Crippen LogP contribution in [-0.2, 0) is 14.8 Å². The van der Waals surface area contributed by atoms with E-state index in [9.17, 15) is 13.2 Å². The summed E-state index contributed by atoms with van der Waals surface area (Å²) in [6, 6.07) is 11.7. The molecule has 1 N–H and O–H groups in total. The maximum atomic E-state index is 13.0. The monoisotopic (exact) mass is 472 g/mol. The Morgan fingerprint density at radius 1 is 1.00 bits per heavy atom. The van der Waals surface area contributed by atoms with Crippen molar-refractivity contribution in [3.8, 4) is 0 Å². The van der Waals surface area contributed by atoms with Gasteiger partial charge in [-0.1, -0.05) is 48.2 Å². The molecule has 1 amide bonds. The molecule has 0 saturated carbocycles. The first-order valence-electron chi connectivity index (χ1n) is 9.35. The van der Waals surface area contributed by atoms with Crippen molar-refractivity contribution in [3.05, 3.63) is 52.5 Å². The SMILES string of the molecule is O=C(CSc1ccccc1Cl)Nc1cc(S(=O)(=O)N2CCCCCC2)ccc1Cl. The van der Waals surface area contributed by atoms with Crippen molar-refractivity contribution >= 4 is 56.6 Å². The largest absolute Gasteiger partial charge is 0.324 e. The second kappa shape index (κ2) is 10.2. The Balaban J connectivity index is 1.71. The number of rotatable bonds is 6. The molecule has 0 bridgehead atoms. The summed E-state index contributed by atoms with van der Waals surface area (Å²) in [4.78, 5) is 13.3. The van der Waals surface area contributed by atoms with Crippen LogP contribution in [0.5, 0.6) is 0 Å². The zero-order chi connectivity index (χ0) is 20.9. The molecule has 0 aliphatic carbocycles. The quantitative estimate of drug-likeness (QED) is 0.579. The van der Waals surface area contributed by atoms with Crippen LogP contribution in [0.4, 0.5) is 5.69 Å². The second-order valence-corrected chi connectivity index (χ2v) is 10.5. The summed E-state index contributed by atoms with van der Waals surface area (Å²) in [5, 5.41) is 3.58. The first-order valence-corrected chi connectivity index (χ1v) is 12.5. The molecule has 1 aliphatic rings. The zero-order valence-electron chi connectivity index (χ0n) is 15.7. The summed E-state index contributed by atoms with van der Waals surface area (Å²) in [5.74, 6) is -0.162. The van der Waals surface area contributed by atoms with E-state index in [2.05, 4.69) is 5.32 Å². The van der Waals surface area contributed by atoms with Gasteiger partial charge in [0.05, 0.1) is 26.4 Å². The Morgan fingerprint density at radius 2 is 1.69 bits per heavy atom. The van der Waals surface area contributed by atoms with Crippen molar-refractivity contribution in [1.82, 2.24) is 4.31 Å². The molecule has 9 heteroatoms. The van der Waals surface area contributed by atoms with Gasteiger partial charge in [0, 0.05) is 18.0 Å². The minimum Gasteiger partial charge on any atom is -0.324 e. The molecule has 0 atom stereocenters. The molecule has 29 heavy (non-hydrogen) atoms. The fourth-order valence-corrected chi connectivity index (χ4v) is 5.83. The fourth-order valence-electron chi connectivity index (χ4n) is 3.08. The average molecular weight is 473 g/mol. The van der Waals surface area contributed by atoms with E-state index >= 15 is 0 Å². The van der Waals surface area contributed by atoms with Crippen LogP contribution in [0.3, 0.4) is 0 Å². The van der Waals surface area contributed by atoms with Gasteiger partial charge in [0.25, 0.3) is 0 Å². The number of sulfonamides is 1. The molecule has 2 aromatic rings. The number of benzene rings is 2. The van der Waals surface area contributed by atoms with E-state index in [1.54, 1.807) is 6.07 Å². The molecular weight excluding hydrogens is 451 g/mol. The zero-order valence-corrected chi connectivity index (χ0v) is 18.9. The average Bonchev–Trinajstić information content (AvgIpc) is 2.99. The van der Waals surface area contributed by atoms with Gasteiger partial charge in [0.1, 0.15) is 0 Å². The summed E-state index contributed by atoms with van der Waals surface area (Å²) in [5.41, 5.74) is 0.285. The van der Waals surface area contributed by atoms with Gasteiger partial charge in [0.15, 0.2) is 0 Å². The summed E-state index contributed by atoms with van der Waals surface area (Å²) in [7, 11) is -3.62. The summed E-state index contributed by atoms with van der Waals surface area (Å²) < 4.78 is 27.5. The standard InChI is InChI=1S/C20H22Cl2N2O3S2/c21-16-10-9-15(29(26,27)24-11-5-1-2-6-12-24)13-18(16)23-20(25)14-28-19-8-4-3-7-17(19)22/h3-4,7-10,13H,1-2,5-6,11-12,14H2,(H,23,25). The fraction of sp³-hybridized carbons (Fsp3) is 0.350. The van der Waals surface area contributed by atoms with Crippen LogP contribution in [0.2, 0.25) is 10.0 Å². The highest BCUT2D eigenvalue weighted by molar-refractivity contribution is 8.00. The summed E-state index contributed by atoms with van der Waals surface area (Å²) in [6.45, 7) is 1.03. The minimum absolute atomic E-state index is 0.128. The van der Waals surface area contributed by atoms with Crippen LogP contribution in [0.1, 0.15) is 25.7 Å². The van der Waals surface area contributed by atoms with Crippen LogP contribution in [0.15, 0.2) is 52.3 Å². The highest BCUT2D eigenvalue weighted by Gasteiger charge is 2.26. The van der Waals surface area contributed by atoms with Crippen molar-refractivity contribution in [3.63, 3.8) is 0 Å². The first-order chi connectivity index (χ1) is 13.9.